The third-order valence-corrected chi connectivity index (χ3v) is 7.26. The highest BCUT2D eigenvalue weighted by molar-refractivity contribution is 7.99. The van der Waals surface area contributed by atoms with Gasteiger partial charge >= 0.3 is 0 Å². The molecule has 0 aliphatic rings. The molecule has 8 heteroatoms. The molecule has 0 bridgehead atoms. The molecule has 1 amide bonds. The number of para-hydroxylation sites is 1. The molecule has 0 fully saturated rings. The molecule has 1 atom stereocenters. The van der Waals surface area contributed by atoms with E-state index in [9.17, 15) is 4.79 Å². The lowest BCUT2D eigenvalue weighted by Gasteiger charge is -2.09. The Kier molecular flexibility index (Phi) is 6.09. The maximum absolute atomic E-state index is 12.1. The second-order valence-corrected chi connectivity index (χ2v) is 9.37. The van der Waals surface area contributed by atoms with E-state index in [2.05, 4.69) is 28.4 Å². The molecule has 28 heavy (non-hydrogen) atoms. The number of carbonyl (C=O) groups is 1. The molecular weight excluding hydrogens is 410 g/mol. The molecule has 5 nitrogen and oxygen atoms in total. The average Bonchev–Trinajstić information content (AvgIpc) is 3.45. The van der Waals surface area contributed by atoms with Gasteiger partial charge in [0, 0.05) is 24.3 Å². The van der Waals surface area contributed by atoms with Crippen molar-refractivity contribution in [3.8, 4) is 10.6 Å². The summed E-state index contributed by atoms with van der Waals surface area (Å²) in [4.78, 5) is 17.9. The van der Waals surface area contributed by atoms with Gasteiger partial charge in [0.05, 0.1) is 31.5 Å². The van der Waals surface area contributed by atoms with E-state index in [1.165, 1.54) is 16.5 Å². The van der Waals surface area contributed by atoms with Crippen LogP contribution in [0.1, 0.15) is 23.5 Å². The van der Waals surface area contributed by atoms with Crippen LogP contribution in [0.2, 0.25) is 0 Å². The second-order valence-electron chi connectivity index (χ2n) is 6.38. The highest BCUT2D eigenvalue weighted by Gasteiger charge is 2.13. The van der Waals surface area contributed by atoms with E-state index >= 15 is 0 Å². The number of hydrogen-bond donors (Lipinski definition) is 1. The summed E-state index contributed by atoms with van der Waals surface area (Å²) in [6.07, 6.45) is 0. The van der Waals surface area contributed by atoms with E-state index in [0.29, 0.717) is 18.1 Å². The van der Waals surface area contributed by atoms with Crippen LogP contribution in [0.25, 0.3) is 20.9 Å². The van der Waals surface area contributed by atoms with E-state index in [1.54, 1.807) is 22.7 Å². The molecule has 0 aliphatic carbocycles. The first kappa shape index (κ1) is 19.2. The molecular formula is C20H19N3O2S3. The molecule has 0 radical (unpaired) electrons. The van der Waals surface area contributed by atoms with Crippen LogP contribution in [0.15, 0.2) is 52.4 Å². The predicted molar refractivity (Wildman–Crippen MR) is 117 cm³/mol. The number of nitrogens with one attached hydrogen (secondary N) is 1. The van der Waals surface area contributed by atoms with Crippen LogP contribution in [0.4, 0.5) is 0 Å². The fourth-order valence-electron chi connectivity index (χ4n) is 2.67. The Hall–Kier alpha value is -2.16. The third kappa shape index (κ3) is 4.63. The van der Waals surface area contributed by atoms with Crippen molar-refractivity contribution in [3.63, 3.8) is 0 Å². The quantitative estimate of drug-likeness (QED) is 0.419. The van der Waals surface area contributed by atoms with Gasteiger partial charge in [-0.1, -0.05) is 30.3 Å². The number of benzene rings is 1. The van der Waals surface area contributed by atoms with Gasteiger partial charge in [0.15, 0.2) is 5.76 Å². The Morgan fingerprint density at radius 2 is 2.18 bits per heavy atom. The summed E-state index contributed by atoms with van der Waals surface area (Å²) in [7, 11) is 0. The molecule has 4 rings (SSSR count). The van der Waals surface area contributed by atoms with Crippen LogP contribution < -0.4 is 5.32 Å². The van der Waals surface area contributed by atoms with Crippen molar-refractivity contribution in [1.29, 1.82) is 0 Å². The first-order valence-corrected chi connectivity index (χ1v) is 11.7. The van der Waals surface area contributed by atoms with E-state index in [0.717, 1.165) is 26.9 Å². The molecule has 0 spiro atoms. The lowest BCUT2D eigenvalue weighted by atomic mass is 10.2. The molecule has 3 aromatic heterocycles. The number of thiazole rings is 1. The number of amides is 1. The molecule has 0 saturated heterocycles. The Morgan fingerprint density at radius 3 is 3.00 bits per heavy atom. The number of aromatic nitrogens is 2. The van der Waals surface area contributed by atoms with Crippen molar-refractivity contribution < 1.29 is 9.32 Å². The van der Waals surface area contributed by atoms with Gasteiger partial charge in [-0.15, -0.1) is 34.4 Å². The molecule has 3 heterocycles. The van der Waals surface area contributed by atoms with Crippen LogP contribution >= 0.6 is 34.4 Å². The number of fused-ring (bicyclic) bond motifs is 1. The SMILES string of the molecule is CC(CNC(=O)CSCc1cc(-c2cccs2)on1)c1nc2ccccc2s1. The predicted octanol–water partition coefficient (Wildman–Crippen LogP) is 5.17. The molecule has 1 unspecified atom stereocenters. The lowest BCUT2D eigenvalue weighted by Crippen LogP contribution is -2.29. The first-order chi connectivity index (χ1) is 13.7. The van der Waals surface area contributed by atoms with E-state index in [4.69, 9.17) is 4.52 Å². The average molecular weight is 430 g/mol. The van der Waals surface area contributed by atoms with Gasteiger partial charge in [-0.25, -0.2) is 4.98 Å². The highest BCUT2D eigenvalue weighted by Crippen LogP contribution is 2.27. The number of carbonyl (C=O) groups excluding carboxylic acids is 1. The molecule has 4 aromatic rings. The van der Waals surface area contributed by atoms with E-state index < -0.39 is 0 Å². The van der Waals surface area contributed by atoms with E-state index in [-0.39, 0.29) is 11.8 Å². The zero-order valence-electron chi connectivity index (χ0n) is 15.3. The van der Waals surface area contributed by atoms with Crippen molar-refractivity contribution in [2.75, 3.05) is 12.3 Å². The minimum Gasteiger partial charge on any atom is -0.355 e. The van der Waals surface area contributed by atoms with Gasteiger partial charge in [0.1, 0.15) is 0 Å². The molecule has 0 aliphatic heterocycles. The maximum atomic E-state index is 12.1. The molecule has 1 aromatic carbocycles. The van der Waals surface area contributed by atoms with Crippen LogP contribution in [0.3, 0.4) is 0 Å². The summed E-state index contributed by atoms with van der Waals surface area (Å²) < 4.78 is 6.54. The number of nitrogens with zero attached hydrogens (tertiary/aromatic N) is 2. The van der Waals surface area contributed by atoms with Crippen molar-refractivity contribution in [1.82, 2.24) is 15.5 Å². The van der Waals surface area contributed by atoms with Gasteiger partial charge < -0.3 is 9.84 Å². The van der Waals surface area contributed by atoms with Gasteiger partial charge in [0.2, 0.25) is 5.91 Å². The van der Waals surface area contributed by atoms with E-state index in [1.807, 2.05) is 41.8 Å². The monoisotopic (exact) mass is 429 g/mol. The number of thioether (sulfide) groups is 1. The van der Waals surface area contributed by atoms with Gasteiger partial charge in [-0.05, 0) is 23.6 Å². The summed E-state index contributed by atoms with van der Waals surface area (Å²) in [6, 6.07) is 14.0. The molecule has 0 saturated carbocycles. The molecule has 144 valence electrons. The Morgan fingerprint density at radius 1 is 1.29 bits per heavy atom. The van der Waals surface area contributed by atoms with Gasteiger partial charge in [-0.2, -0.15) is 0 Å². The van der Waals surface area contributed by atoms with Crippen molar-refractivity contribution in [3.05, 3.63) is 58.5 Å². The zero-order chi connectivity index (χ0) is 19.3. The smallest absolute Gasteiger partial charge is 0.230 e. The normalized spacial score (nSPS) is 12.3. The number of hydrogen-bond acceptors (Lipinski definition) is 7. The van der Waals surface area contributed by atoms with Crippen molar-refractivity contribution in [2.45, 2.75) is 18.6 Å². The summed E-state index contributed by atoms with van der Waals surface area (Å²) in [6.45, 7) is 2.68. The standard InChI is InChI=1S/C20H19N3O2S3/c1-13(20-22-15-5-2-3-6-17(15)28-20)10-21-19(24)12-26-11-14-9-16(25-23-14)18-7-4-8-27-18/h2-9,13H,10-12H2,1H3,(H,21,24). The van der Waals surface area contributed by atoms with Gasteiger partial charge in [-0.3, -0.25) is 4.79 Å². The topological polar surface area (TPSA) is 68.0 Å². The van der Waals surface area contributed by atoms with Gasteiger partial charge in [0.25, 0.3) is 0 Å². The summed E-state index contributed by atoms with van der Waals surface area (Å²) in [5.74, 6) is 2.04. The van der Waals surface area contributed by atoms with Crippen LogP contribution in [0, 0.1) is 0 Å². The first-order valence-electron chi connectivity index (χ1n) is 8.88. The fourth-order valence-corrected chi connectivity index (χ4v) is 5.10. The largest absolute Gasteiger partial charge is 0.355 e. The Balaban J connectivity index is 1.21. The third-order valence-electron chi connectivity index (χ3n) is 4.14. The highest BCUT2D eigenvalue weighted by atomic mass is 32.2. The van der Waals surface area contributed by atoms with Crippen molar-refractivity contribution in [2.24, 2.45) is 0 Å². The Labute approximate surface area is 175 Å². The summed E-state index contributed by atoms with van der Waals surface area (Å²) in [5, 5.41) is 10.1. The minimum atomic E-state index is 0.0277. The van der Waals surface area contributed by atoms with Crippen molar-refractivity contribution >= 4 is 50.6 Å². The summed E-state index contributed by atoms with van der Waals surface area (Å²) >= 11 is 4.84. The van der Waals surface area contributed by atoms with Crippen LogP contribution in [-0.4, -0.2) is 28.3 Å². The Bertz CT molecular complexity index is 1020. The number of thiophene rings is 1. The number of rotatable bonds is 8. The maximum Gasteiger partial charge on any atom is 0.230 e. The minimum absolute atomic E-state index is 0.0277. The summed E-state index contributed by atoms with van der Waals surface area (Å²) in [5.41, 5.74) is 1.87. The fraction of sp³-hybridized carbons (Fsp3) is 0.250. The zero-order valence-corrected chi connectivity index (χ0v) is 17.7. The van der Waals surface area contributed by atoms with Crippen LogP contribution in [0.5, 0.6) is 0 Å². The lowest BCUT2D eigenvalue weighted by molar-refractivity contribution is -0.118. The molecule has 1 N–H and O–H groups in total. The second kappa shape index (κ2) is 8.89. The van der Waals surface area contributed by atoms with Crippen LogP contribution in [-0.2, 0) is 10.5 Å².